The minimum absolute atomic E-state index is 0.226. The third-order valence-corrected chi connectivity index (χ3v) is 1.79. The van der Waals surface area contributed by atoms with Crippen molar-refractivity contribution in [1.82, 2.24) is 9.78 Å². The van der Waals surface area contributed by atoms with Gasteiger partial charge in [-0.25, -0.2) is 4.79 Å². The van der Waals surface area contributed by atoms with Crippen molar-refractivity contribution in [2.75, 3.05) is 6.61 Å². The van der Waals surface area contributed by atoms with Gasteiger partial charge in [0, 0.05) is 6.54 Å². The maximum absolute atomic E-state index is 11.3. The van der Waals surface area contributed by atoms with Crippen molar-refractivity contribution in [3.8, 4) is 0 Å². The van der Waals surface area contributed by atoms with Gasteiger partial charge in [-0.2, -0.15) is 5.10 Å². The maximum Gasteiger partial charge on any atom is 0.342 e. The summed E-state index contributed by atoms with van der Waals surface area (Å²) in [5.41, 5.74) is 0.495. The van der Waals surface area contributed by atoms with Crippen molar-refractivity contribution in [1.29, 1.82) is 0 Å². The van der Waals surface area contributed by atoms with Crippen LogP contribution in [0.15, 0.2) is 6.20 Å². The molecule has 1 rings (SSSR count). The van der Waals surface area contributed by atoms with E-state index in [2.05, 4.69) is 5.10 Å². The molecule has 0 aliphatic rings. The molecule has 0 N–H and O–H groups in total. The third kappa shape index (κ3) is 1.81. The maximum atomic E-state index is 11.3. The number of hydrogen-bond acceptors (Lipinski definition) is 4. The summed E-state index contributed by atoms with van der Waals surface area (Å²) >= 11 is 0. The van der Waals surface area contributed by atoms with Gasteiger partial charge in [0.05, 0.1) is 12.8 Å². The molecule has 1 heterocycles. The summed E-state index contributed by atoms with van der Waals surface area (Å²) in [5.74, 6) is -0.505. The van der Waals surface area contributed by atoms with Crippen LogP contribution in [0.5, 0.6) is 0 Å². The second-order valence-electron chi connectivity index (χ2n) is 2.60. The van der Waals surface area contributed by atoms with Crippen molar-refractivity contribution in [3.63, 3.8) is 0 Å². The Kier molecular flexibility index (Phi) is 3.39. The summed E-state index contributed by atoms with van der Waals surface area (Å²) in [6.45, 7) is 4.39. The van der Waals surface area contributed by atoms with E-state index in [9.17, 15) is 9.59 Å². The molecular formula is C9H12N2O3. The summed E-state index contributed by atoms with van der Waals surface area (Å²) in [6, 6.07) is 0. The van der Waals surface area contributed by atoms with Gasteiger partial charge in [0.25, 0.3) is 0 Å². The fourth-order valence-corrected chi connectivity index (χ4v) is 1.14. The molecule has 0 spiro atoms. The smallest absolute Gasteiger partial charge is 0.342 e. The second-order valence-corrected chi connectivity index (χ2v) is 2.60. The molecule has 76 valence electrons. The van der Waals surface area contributed by atoms with Gasteiger partial charge in [-0.15, -0.1) is 0 Å². The van der Waals surface area contributed by atoms with Crippen LogP contribution in [0.3, 0.4) is 0 Å². The first kappa shape index (κ1) is 10.4. The molecule has 1 aromatic rings. The molecule has 0 bridgehead atoms. The fourth-order valence-electron chi connectivity index (χ4n) is 1.14. The van der Waals surface area contributed by atoms with Gasteiger partial charge in [0.2, 0.25) is 0 Å². The van der Waals surface area contributed by atoms with Crippen LogP contribution in [0, 0.1) is 0 Å². The molecule has 14 heavy (non-hydrogen) atoms. The van der Waals surface area contributed by atoms with Gasteiger partial charge in [-0.1, -0.05) is 0 Å². The minimum Gasteiger partial charge on any atom is -0.462 e. The zero-order valence-corrected chi connectivity index (χ0v) is 8.19. The lowest BCUT2D eigenvalue weighted by Crippen LogP contribution is -2.09. The number of aldehydes is 1. The summed E-state index contributed by atoms with van der Waals surface area (Å²) in [6.07, 6.45) is 1.97. The van der Waals surface area contributed by atoms with Crippen LogP contribution >= 0.6 is 0 Å². The number of aromatic nitrogens is 2. The van der Waals surface area contributed by atoms with Gasteiger partial charge < -0.3 is 4.74 Å². The Hall–Kier alpha value is -1.65. The Labute approximate surface area is 81.7 Å². The van der Waals surface area contributed by atoms with Crippen LogP contribution in [0.2, 0.25) is 0 Å². The van der Waals surface area contributed by atoms with Gasteiger partial charge in [0.15, 0.2) is 6.29 Å². The largest absolute Gasteiger partial charge is 0.462 e. The average molecular weight is 196 g/mol. The monoisotopic (exact) mass is 196 g/mol. The molecule has 0 atom stereocenters. The summed E-state index contributed by atoms with van der Waals surface area (Å²) in [7, 11) is 0. The molecule has 0 aliphatic heterocycles. The molecule has 0 aliphatic carbocycles. The van der Waals surface area contributed by atoms with Gasteiger partial charge in [0.1, 0.15) is 11.3 Å². The SMILES string of the molecule is CCOC(=O)c1cnn(CC)c1C=O. The minimum atomic E-state index is -0.505. The van der Waals surface area contributed by atoms with E-state index in [1.54, 1.807) is 6.92 Å². The lowest BCUT2D eigenvalue weighted by Gasteiger charge is -2.00. The first-order chi connectivity index (χ1) is 6.74. The molecule has 0 aromatic carbocycles. The highest BCUT2D eigenvalue weighted by Crippen LogP contribution is 2.07. The lowest BCUT2D eigenvalue weighted by atomic mass is 10.2. The zero-order valence-electron chi connectivity index (χ0n) is 8.19. The molecule has 0 radical (unpaired) electrons. The molecule has 0 unspecified atom stereocenters. The van der Waals surface area contributed by atoms with Crippen molar-refractivity contribution < 1.29 is 14.3 Å². The Bertz CT molecular complexity index is 344. The Morgan fingerprint density at radius 3 is 2.86 bits per heavy atom. The normalized spacial score (nSPS) is 9.86. The average Bonchev–Trinajstić information content (AvgIpc) is 2.60. The number of aryl methyl sites for hydroxylation is 1. The van der Waals surface area contributed by atoms with Crippen LogP contribution in [0.4, 0.5) is 0 Å². The Morgan fingerprint density at radius 1 is 1.64 bits per heavy atom. The number of hydrogen-bond donors (Lipinski definition) is 0. The standard InChI is InChI=1S/C9H12N2O3/c1-3-11-8(6-12)7(5-10-11)9(13)14-4-2/h5-6H,3-4H2,1-2H3. The highest BCUT2D eigenvalue weighted by molar-refractivity contribution is 5.97. The number of ether oxygens (including phenoxy) is 1. The van der Waals surface area contributed by atoms with E-state index < -0.39 is 5.97 Å². The van der Waals surface area contributed by atoms with Crippen LogP contribution in [0.1, 0.15) is 34.7 Å². The van der Waals surface area contributed by atoms with Crippen molar-refractivity contribution in [2.24, 2.45) is 0 Å². The molecule has 0 amide bonds. The van der Waals surface area contributed by atoms with Crippen LogP contribution in [0.25, 0.3) is 0 Å². The Morgan fingerprint density at radius 2 is 2.36 bits per heavy atom. The van der Waals surface area contributed by atoms with Crippen molar-refractivity contribution in [2.45, 2.75) is 20.4 Å². The molecule has 0 saturated carbocycles. The van der Waals surface area contributed by atoms with Crippen LogP contribution < -0.4 is 0 Å². The quantitative estimate of drug-likeness (QED) is 0.530. The number of carbonyl (C=O) groups is 2. The zero-order chi connectivity index (χ0) is 10.6. The van der Waals surface area contributed by atoms with Gasteiger partial charge in [-0.05, 0) is 13.8 Å². The summed E-state index contributed by atoms with van der Waals surface area (Å²) < 4.78 is 6.23. The van der Waals surface area contributed by atoms with Crippen LogP contribution in [-0.4, -0.2) is 28.6 Å². The van der Waals surface area contributed by atoms with Crippen LogP contribution in [-0.2, 0) is 11.3 Å². The first-order valence-corrected chi connectivity index (χ1v) is 4.42. The number of rotatable bonds is 4. The highest BCUT2D eigenvalue weighted by Gasteiger charge is 2.16. The Balaban J connectivity index is 3.02. The van der Waals surface area contributed by atoms with E-state index in [1.807, 2.05) is 6.92 Å². The topological polar surface area (TPSA) is 61.2 Å². The molecule has 1 aromatic heterocycles. The summed E-state index contributed by atoms with van der Waals surface area (Å²) in [4.78, 5) is 22.0. The number of carbonyl (C=O) groups excluding carboxylic acids is 2. The van der Waals surface area contributed by atoms with E-state index in [0.29, 0.717) is 12.8 Å². The molecule has 5 nitrogen and oxygen atoms in total. The first-order valence-electron chi connectivity index (χ1n) is 4.42. The third-order valence-electron chi connectivity index (χ3n) is 1.79. The van der Waals surface area contributed by atoms with E-state index in [-0.39, 0.29) is 17.9 Å². The summed E-state index contributed by atoms with van der Waals surface area (Å²) in [5, 5.41) is 3.89. The lowest BCUT2D eigenvalue weighted by molar-refractivity contribution is 0.0524. The molecular weight excluding hydrogens is 184 g/mol. The van der Waals surface area contributed by atoms with E-state index in [1.165, 1.54) is 10.9 Å². The van der Waals surface area contributed by atoms with E-state index in [4.69, 9.17) is 4.74 Å². The van der Waals surface area contributed by atoms with Crippen molar-refractivity contribution in [3.05, 3.63) is 17.5 Å². The molecule has 0 saturated heterocycles. The van der Waals surface area contributed by atoms with Crippen molar-refractivity contribution >= 4 is 12.3 Å². The second kappa shape index (κ2) is 4.55. The van der Waals surface area contributed by atoms with Gasteiger partial charge >= 0.3 is 5.97 Å². The highest BCUT2D eigenvalue weighted by atomic mass is 16.5. The fraction of sp³-hybridized carbons (Fsp3) is 0.444. The van der Waals surface area contributed by atoms with E-state index in [0.717, 1.165) is 0 Å². The predicted octanol–water partition coefficient (Wildman–Crippen LogP) is 0.892. The molecule has 0 fully saturated rings. The number of esters is 1. The van der Waals surface area contributed by atoms with E-state index >= 15 is 0 Å². The predicted molar refractivity (Wildman–Crippen MR) is 49.2 cm³/mol. The number of nitrogens with zero attached hydrogens (tertiary/aromatic N) is 2. The molecule has 5 heteroatoms. The van der Waals surface area contributed by atoms with Gasteiger partial charge in [-0.3, -0.25) is 9.48 Å².